The van der Waals surface area contributed by atoms with Gasteiger partial charge in [-0.1, -0.05) is 34.5 Å². The van der Waals surface area contributed by atoms with Crippen molar-refractivity contribution in [2.24, 2.45) is 5.92 Å². The molecular weight excluding hydrogens is 356 g/mol. The van der Waals surface area contributed by atoms with Gasteiger partial charge in [0.05, 0.1) is 10.7 Å². The topological polar surface area (TPSA) is 49.4 Å². The number of hydrogen-bond donors (Lipinski definition) is 1. The number of amides is 2. The molecule has 0 radical (unpaired) electrons. The average Bonchev–Trinajstić information content (AvgIpc) is 3.26. The minimum Gasteiger partial charge on any atom is -0.342 e. The molecule has 1 heterocycles. The quantitative estimate of drug-likeness (QED) is 0.887. The summed E-state index contributed by atoms with van der Waals surface area (Å²) in [6.45, 7) is 1.90. The van der Waals surface area contributed by atoms with E-state index in [0.29, 0.717) is 17.1 Å². The summed E-state index contributed by atoms with van der Waals surface area (Å²) in [5.41, 5.74) is 0.609. The summed E-state index contributed by atoms with van der Waals surface area (Å²) in [5.74, 6) is 0.136. The minimum absolute atomic E-state index is 0.0480. The van der Waals surface area contributed by atoms with E-state index in [1.165, 1.54) is 0 Å². The molecule has 21 heavy (non-hydrogen) atoms. The minimum atomic E-state index is -0.494. The van der Waals surface area contributed by atoms with Crippen molar-refractivity contribution in [2.45, 2.75) is 38.3 Å². The van der Waals surface area contributed by atoms with Gasteiger partial charge in [0.1, 0.15) is 12.1 Å². The summed E-state index contributed by atoms with van der Waals surface area (Å²) in [7, 11) is 0. The van der Waals surface area contributed by atoms with Gasteiger partial charge >= 0.3 is 0 Å². The Morgan fingerprint density at radius 2 is 2.10 bits per heavy atom. The Morgan fingerprint density at radius 1 is 1.38 bits per heavy atom. The Kier molecular flexibility index (Phi) is 3.97. The molecule has 112 valence electrons. The van der Waals surface area contributed by atoms with Crippen LogP contribution in [0, 0.1) is 5.92 Å². The van der Waals surface area contributed by atoms with Gasteiger partial charge in [0.15, 0.2) is 0 Å². The number of carbonyl (C=O) groups is 2. The van der Waals surface area contributed by atoms with Gasteiger partial charge in [-0.15, -0.1) is 0 Å². The summed E-state index contributed by atoms with van der Waals surface area (Å²) in [4.78, 5) is 26.7. The van der Waals surface area contributed by atoms with Gasteiger partial charge in [0.25, 0.3) is 5.91 Å². The van der Waals surface area contributed by atoms with Crippen molar-refractivity contribution in [3.8, 4) is 0 Å². The fourth-order valence-corrected chi connectivity index (χ4v) is 3.58. The average molecular weight is 372 g/mol. The zero-order valence-electron chi connectivity index (χ0n) is 11.6. The number of rotatable bonds is 3. The Balaban J connectivity index is 2.01. The number of piperazine rings is 1. The highest BCUT2D eigenvalue weighted by Crippen LogP contribution is 2.38. The second kappa shape index (κ2) is 5.61. The SMILES string of the molecule is CCC1C(=O)NC(C2CC2)C(=O)N1c1ccc(Br)cc1Cl. The van der Waals surface area contributed by atoms with Gasteiger partial charge in [0, 0.05) is 4.47 Å². The van der Waals surface area contributed by atoms with E-state index in [2.05, 4.69) is 21.2 Å². The third-order valence-corrected chi connectivity index (χ3v) is 4.86. The molecular formula is C15H16BrClN2O2. The Bertz CT molecular complexity index is 603. The zero-order chi connectivity index (χ0) is 15.1. The molecule has 4 nitrogen and oxygen atoms in total. The van der Waals surface area contributed by atoms with E-state index in [1.54, 1.807) is 17.0 Å². The van der Waals surface area contributed by atoms with Crippen LogP contribution in [-0.4, -0.2) is 23.9 Å². The van der Waals surface area contributed by atoms with Gasteiger partial charge in [-0.05, 0) is 43.4 Å². The number of nitrogens with one attached hydrogen (secondary N) is 1. The lowest BCUT2D eigenvalue weighted by atomic mass is 10.0. The molecule has 1 aliphatic heterocycles. The molecule has 0 aromatic heterocycles. The highest BCUT2D eigenvalue weighted by atomic mass is 79.9. The van der Waals surface area contributed by atoms with Crippen LogP contribution in [0.4, 0.5) is 5.69 Å². The van der Waals surface area contributed by atoms with E-state index in [-0.39, 0.29) is 17.7 Å². The van der Waals surface area contributed by atoms with E-state index in [4.69, 9.17) is 11.6 Å². The smallest absolute Gasteiger partial charge is 0.250 e. The molecule has 2 aliphatic rings. The molecule has 1 saturated heterocycles. The van der Waals surface area contributed by atoms with Crippen LogP contribution in [0.25, 0.3) is 0 Å². The molecule has 0 bridgehead atoms. The summed E-state index contributed by atoms with van der Waals surface area (Å²) in [6.07, 6.45) is 2.55. The highest BCUT2D eigenvalue weighted by molar-refractivity contribution is 9.10. The van der Waals surface area contributed by atoms with Crippen molar-refractivity contribution in [3.05, 3.63) is 27.7 Å². The van der Waals surface area contributed by atoms with Crippen LogP contribution in [0.15, 0.2) is 22.7 Å². The lowest BCUT2D eigenvalue weighted by Crippen LogP contribution is -2.64. The number of anilines is 1. The standard InChI is InChI=1S/C15H16BrClN2O2/c1-2-11-14(20)18-13(8-3-4-8)15(21)19(11)12-6-5-9(16)7-10(12)17/h5-8,11,13H,2-4H2,1H3,(H,18,20). The van der Waals surface area contributed by atoms with Gasteiger partial charge < -0.3 is 5.32 Å². The highest BCUT2D eigenvalue weighted by Gasteiger charge is 2.47. The van der Waals surface area contributed by atoms with Crippen LogP contribution in [0.2, 0.25) is 5.02 Å². The van der Waals surface area contributed by atoms with E-state index < -0.39 is 12.1 Å². The third-order valence-electron chi connectivity index (χ3n) is 4.06. The van der Waals surface area contributed by atoms with Crippen molar-refractivity contribution >= 4 is 45.0 Å². The molecule has 1 aromatic carbocycles. The molecule has 1 aliphatic carbocycles. The summed E-state index contributed by atoms with van der Waals surface area (Å²) < 4.78 is 0.844. The maximum absolute atomic E-state index is 12.8. The molecule has 2 atom stereocenters. The predicted molar refractivity (Wildman–Crippen MR) is 85.4 cm³/mol. The number of nitrogens with zero attached hydrogens (tertiary/aromatic N) is 1. The first-order valence-electron chi connectivity index (χ1n) is 7.11. The lowest BCUT2D eigenvalue weighted by molar-refractivity contribution is -0.134. The van der Waals surface area contributed by atoms with Gasteiger partial charge in [-0.2, -0.15) is 0 Å². The number of benzene rings is 1. The second-order valence-corrected chi connectivity index (χ2v) is 6.87. The van der Waals surface area contributed by atoms with Crippen molar-refractivity contribution in [1.82, 2.24) is 5.32 Å². The van der Waals surface area contributed by atoms with Gasteiger partial charge in [0.2, 0.25) is 5.91 Å². The van der Waals surface area contributed by atoms with Crippen LogP contribution >= 0.6 is 27.5 Å². The Labute approximate surface area is 137 Å². The first-order chi connectivity index (χ1) is 10.0. The monoisotopic (exact) mass is 370 g/mol. The third kappa shape index (κ3) is 2.69. The lowest BCUT2D eigenvalue weighted by Gasteiger charge is -2.39. The van der Waals surface area contributed by atoms with Crippen LogP contribution < -0.4 is 10.2 Å². The van der Waals surface area contributed by atoms with Crippen molar-refractivity contribution in [2.75, 3.05) is 4.90 Å². The Morgan fingerprint density at radius 3 is 2.67 bits per heavy atom. The molecule has 2 amide bonds. The van der Waals surface area contributed by atoms with Crippen LogP contribution in [0.3, 0.4) is 0 Å². The molecule has 1 aromatic rings. The van der Waals surface area contributed by atoms with Crippen molar-refractivity contribution < 1.29 is 9.59 Å². The van der Waals surface area contributed by atoms with Crippen molar-refractivity contribution in [3.63, 3.8) is 0 Å². The molecule has 2 unspecified atom stereocenters. The fraction of sp³-hybridized carbons (Fsp3) is 0.467. The fourth-order valence-electron chi connectivity index (χ4n) is 2.81. The van der Waals surface area contributed by atoms with E-state index >= 15 is 0 Å². The summed E-state index contributed by atoms with van der Waals surface area (Å²) in [6, 6.07) is 4.47. The van der Waals surface area contributed by atoms with Crippen molar-refractivity contribution in [1.29, 1.82) is 0 Å². The summed E-state index contributed by atoms with van der Waals surface area (Å²) >= 11 is 9.64. The molecule has 3 rings (SSSR count). The zero-order valence-corrected chi connectivity index (χ0v) is 13.9. The summed E-state index contributed by atoms with van der Waals surface area (Å²) in [5, 5.41) is 3.35. The predicted octanol–water partition coefficient (Wildman–Crippen LogP) is 3.12. The van der Waals surface area contributed by atoms with E-state index in [1.807, 2.05) is 13.0 Å². The van der Waals surface area contributed by atoms with E-state index in [0.717, 1.165) is 17.3 Å². The van der Waals surface area contributed by atoms with Crippen LogP contribution in [-0.2, 0) is 9.59 Å². The van der Waals surface area contributed by atoms with Gasteiger partial charge in [-0.25, -0.2) is 0 Å². The Hall–Kier alpha value is -1.07. The van der Waals surface area contributed by atoms with Crippen LogP contribution in [0.1, 0.15) is 26.2 Å². The first kappa shape index (κ1) is 14.9. The van der Waals surface area contributed by atoms with Crippen LogP contribution in [0.5, 0.6) is 0 Å². The number of carbonyl (C=O) groups excluding carboxylic acids is 2. The largest absolute Gasteiger partial charge is 0.342 e. The number of hydrogen-bond acceptors (Lipinski definition) is 2. The molecule has 1 saturated carbocycles. The molecule has 1 N–H and O–H groups in total. The van der Waals surface area contributed by atoms with E-state index in [9.17, 15) is 9.59 Å². The second-order valence-electron chi connectivity index (χ2n) is 5.55. The number of halogens is 2. The molecule has 6 heteroatoms. The molecule has 0 spiro atoms. The maximum Gasteiger partial charge on any atom is 0.250 e. The first-order valence-corrected chi connectivity index (χ1v) is 8.28. The van der Waals surface area contributed by atoms with Gasteiger partial charge in [-0.3, -0.25) is 14.5 Å². The normalized spacial score (nSPS) is 26.0. The maximum atomic E-state index is 12.8. The molecule has 2 fully saturated rings.